The standard InChI is InChI=1S/C32H29N7O3/c1-2-42-32(41)27-22-15-19(16-23(22)27)31(40)38-26-13-10-20(17-35-26)39-29(21-9-6-14-34-28(21)33)37-25-12-11-24(36-30(25)39)18-7-4-3-5-8-18/h3-14,17,19,22-23,27H,2,15-16H2,1H3,(H2,33,34)(H,35,38,40). The zero-order chi connectivity index (χ0) is 28.8. The number of hydrogen-bond donors (Lipinski definition) is 2. The molecule has 1 aromatic carbocycles. The van der Waals surface area contributed by atoms with Crippen molar-refractivity contribution >= 4 is 34.7 Å². The van der Waals surface area contributed by atoms with Crippen LogP contribution in [0.15, 0.2) is 79.1 Å². The molecule has 0 spiro atoms. The number of nitrogen functional groups attached to an aromatic ring is 1. The van der Waals surface area contributed by atoms with Gasteiger partial charge < -0.3 is 15.8 Å². The van der Waals surface area contributed by atoms with Crippen molar-refractivity contribution in [3.63, 3.8) is 0 Å². The van der Waals surface area contributed by atoms with Gasteiger partial charge in [-0.3, -0.25) is 14.2 Å². The summed E-state index contributed by atoms with van der Waals surface area (Å²) in [5, 5.41) is 2.95. The Labute approximate surface area is 242 Å². The minimum atomic E-state index is -0.134. The molecule has 5 aromatic rings. The van der Waals surface area contributed by atoms with Crippen molar-refractivity contribution in [1.29, 1.82) is 0 Å². The van der Waals surface area contributed by atoms with Gasteiger partial charge in [-0.15, -0.1) is 0 Å². The van der Waals surface area contributed by atoms with Gasteiger partial charge in [0.25, 0.3) is 0 Å². The van der Waals surface area contributed by atoms with E-state index in [1.54, 1.807) is 18.5 Å². The van der Waals surface area contributed by atoms with E-state index < -0.39 is 0 Å². The van der Waals surface area contributed by atoms with Crippen LogP contribution >= 0.6 is 0 Å². The monoisotopic (exact) mass is 559 g/mol. The number of nitrogens with two attached hydrogens (primary N) is 1. The number of rotatable bonds is 7. The van der Waals surface area contributed by atoms with Gasteiger partial charge in [0.05, 0.1) is 35.7 Å². The maximum atomic E-state index is 13.0. The predicted molar refractivity (Wildman–Crippen MR) is 158 cm³/mol. The first-order valence-corrected chi connectivity index (χ1v) is 14.1. The lowest BCUT2D eigenvalue weighted by atomic mass is 9.99. The van der Waals surface area contributed by atoms with E-state index in [9.17, 15) is 9.59 Å². The molecule has 2 aliphatic rings. The smallest absolute Gasteiger partial charge is 0.309 e. The van der Waals surface area contributed by atoms with Crippen LogP contribution in [-0.4, -0.2) is 43.0 Å². The summed E-state index contributed by atoms with van der Waals surface area (Å²) < 4.78 is 7.07. The first-order chi connectivity index (χ1) is 20.5. The van der Waals surface area contributed by atoms with Crippen molar-refractivity contribution in [2.24, 2.45) is 23.7 Å². The number of imidazole rings is 1. The summed E-state index contributed by atoms with van der Waals surface area (Å²) in [7, 11) is 0. The van der Waals surface area contributed by atoms with E-state index in [2.05, 4.69) is 15.3 Å². The first kappa shape index (κ1) is 25.8. The molecule has 10 nitrogen and oxygen atoms in total. The Bertz CT molecular complexity index is 1790. The largest absolute Gasteiger partial charge is 0.466 e. The highest BCUT2D eigenvalue weighted by Gasteiger charge is 2.61. The molecule has 4 aromatic heterocycles. The van der Waals surface area contributed by atoms with Gasteiger partial charge in [0, 0.05) is 17.7 Å². The van der Waals surface area contributed by atoms with E-state index in [1.165, 1.54) is 0 Å². The minimum Gasteiger partial charge on any atom is -0.466 e. The number of amides is 1. The fourth-order valence-corrected chi connectivity index (χ4v) is 6.22. The van der Waals surface area contributed by atoms with Crippen molar-refractivity contribution in [2.45, 2.75) is 19.8 Å². The average Bonchev–Trinajstić information content (AvgIpc) is 3.32. The van der Waals surface area contributed by atoms with Crippen LogP contribution < -0.4 is 11.1 Å². The summed E-state index contributed by atoms with van der Waals surface area (Å²) in [6, 6.07) is 21.2. The maximum absolute atomic E-state index is 13.0. The molecule has 0 radical (unpaired) electrons. The Hall–Kier alpha value is -5.12. The molecule has 2 saturated carbocycles. The Morgan fingerprint density at radius 1 is 0.976 bits per heavy atom. The summed E-state index contributed by atoms with van der Waals surface area (Å²) in [4.78, 5) is 43.7. The fourth-order valence-electron chi connectivity index (χ4n) is 6.22. The number of nitrogens with zero attached hydrogens (tertiary/aromatic N) is 5. The predicted octanol–water partition coefficient (Wildman–Crippen LogP) is 4.90. The second-order valence-electron chi connectivity index (χ2n) is 10.8. The summed E-state index contributed by atoms with van der Waals surface area (Å²) in [6.07, 6.45) is 4.72. The highest BCUT2D eigenvalue weighted by atomic mass is 16.5. The third-order valence-corrected chi connectivity index (χ3v) is 8.29. The molecule has 4 heterocycles. The van der Waals surface area contributed by atoms with E-state index in [-0.39, 0.29) is 35.5 Å². The van der Waals surface area contributed by atoms with Crippen molar-refractivity contribution in [1.82, 2.24) is 24.5 Å². The van der Waals surface area contributed by atoms with E-state index in [0.29, 0.717) is 59.3 Å². The zero-order valence-electron chi connectivity index (χ0n) is 23.0. The van der Waals surface area contributed by atoms with Crippen LogP contribution in [0, 0.1) is 23.7 Å². The van der Waals surface area contributed by atoms with Crippen LogP contribution in [-0.2, 0) is 14.3 Å². The lowest BCUT2D eigenvalue weighted by molar-refractivity contribution is -0.146. The van der Waals surface area contributed by atoms with E-state index in [4.69, 9.17) is 20.4 Å². The second kappa shape index (κ2) is 10.4. The second-order valence-corrected chi connectivity index (χ2v) is 10.8. The molecule has 0 saturated heterocycles. The van der Waals surface area contributed by atoms with Crippen LogP contribution in [0.5, 0.6) is 0 Å². The lowest BCUT2D eigenvalue weighted by Gasteiger charge is -2.14. The van der Waals surface area contributed by atoms with Gasteiger partial charge in [-0.2, -0.15) is 0 Å². The third kappa shape index (κ3) is 4.54. The van der Waals surface area contributed by atoms with Crippen molar-refractivity contribution < 1.29 is 14.3 Å². The molecule has 210 valence electrons. The summed E-state index contributed by atoms with van der Waals surface area (Å²) in [6.45, 7) is 2.20. The molecule has 2 fully saturated rings. The Kier molecular flexibility index (Phi) is 6.38. The number of esters is 1. The lowest BCUT2D eigenvalue weighted by Crippen LogP contribution is -2.24. The zero-order valence-corrected chi connectivity index (χ0v) is 23.0. The molecular formula is C32H29N7O3. The van der Waals surface area contributed by atoms with E-state index in [1.807, 2.05) is 72.2 Å². The Balaban J connectivity index is 1.17. The minimum absolute atomic E-state index is 0.0459. The Morgan fingerprint density at radius 2 is 1.79 bits per heavy atom. The van der Waals surface area contributed by atoms with Gasteiger partial charge in [-0.25, -0.2) is 19.9 Å². The van der Waals surface area contributed by atoms with Gasteiger partial charge in [0.1, 0.15) is 17.2 Å². The van der Waals surface area contributed by atoms with Gasteiger partial charge >= 0.3 is 5.97 Å². The van der Waals surface area contributed by atoms with Crippen LogP contribution in [0.3, 0.4) is 0 Å². The Morgan fingerprint density at radius 3 is 2.50 bits per heavy atom. The van der Waals surface area contributed by atoms with E-state index >= 15 is 0 Å². The number of benzene rings is 1. The fraction of sp³-hybridized carbons (Fsp3) is 0.250. The summed E-state index contributed by atoms with van der Waals surface area (Å²) in [5.41, 5.74) is 10.8. The number of hydrogen-bond acceptors (Lipinski definition) is 8. The molecule has 10 heteroatoms. The van der Waals surface area contributed by atoms with Crippen molar-refractivity contribution in [3.05, 3.63) is 79.1 Å². The number of pyridine rings is 3. The molecule has 1 amide bonds. The highest BCUT2D eigenvalue weighted by Crippen LogP contribution is 2.60. The van der Waals surface area contributed by atoms with Gasteiger partial charge in [-0.05, 0) is 68.0 Å². The number of ether oxygens (including phenoxy) is 1. The van der Waals surface area contributed by atoms with Crippen LogP contribution in [0.25, 0.3) is 39.5 Å². The molecule has 42 heavy (non-hydrogen) atoms. The van der Waals surface area contributed by atoms with E-state index in [0.717, 1.165) is 11.3 Å². The quantitative estimate of drug-likeness (QED) is 0.269. The van der Waals surface area contributed by atoms with Crippen molar-refractivity contribution in [3.8, 4) is 28.3 Å². The number of carbonyl (C=O) groups is 2. The number of anilines is 2. The molecule has 0 bridgehead atoms. The SMILES string of the molecule is CCOC(=O)C1C2CC(C(=O)Nc3ccc(-n4c(-c5cccnc5N)nc5ccc(-c6ccccc6)nc54)cn3)CC21. The van der Waals surface area contributed by atoms with Crippen molar-refractivity contribution in [2.75, 3.05) is 17.7 Å². The third-order valence-electron chi connectivity index (χ3n) is 8.29. The van der Waals surface area contributed by atoms with Gasteiger partial charge in [0.15, 0.2) is 11.5 Å². The molecule has 2 aliphatic carbocycles. The van der Waals surface area contributed by atoms with Crippen LogP contribution in [0.4, 0.5) is 11.6 Å². The van der Waals surface area contributed by atoms with Crippen LogP contribution in [0.2, 0.25) is 0 Å². The maximum Gasteiger partial charge on any atom is 0.309 e. The molecule has 2 unspecified atom stereocenters. The molecule has 7 rings (SSSR count). The summed E-state index contributed by atoms with van der Waals surface area (Å²) >= 11 is 0. The van der Waals surface area contributed by atoms with Gasteiger partial charge in [-0.1, -0.05) is 30.3 Å². The van der Waals surface area contributed by atoms with Gasteiger partial charge in [0.2, 0.25) is 5.91 Å². The highest BCUT2D eigenvalue weighted by molar-refractivity contribution is 5.92. The number of fused-ring (bicyclic) bond motifs is 2. The molecule has 2 atom stereocenters. The molecular weight excluding hydrogens is 530 g/mol. The average molecular weight is 560 g/mol. The molecule has 0 aliphatic heterocycles. The summed E-state index contributed by atoms with van der Waals surface area (Å²) in [5.74, 6) is 1.51. The van der Waals surface area contributed by atoms with Crippen LogP contribution in [0.1, 0.15) is 19.8 Å². The normalized spacial score (nSPS) is 20.7. The molecule has 3 N–H and O–H groups in total. The number of carbonyl (C=O) groups excluding carboxylic acids is 2. The number of aromatic nitrogens is 5. The first-order valence-electron chi connectivity index (χ1n) is 14.1. The number of nitrogens with one attached hydrogen (secondary N) is 1. The topological polar surface area (TPSA) is 138 Å².